The van der Waals surface area contributed by atoms with Gasteiger partial charge in [-0.1, -0.05) is 182 Å². The van der Waals surface area contributed by atoms with Gasteiger partial charge in [-0.05, 0) is 84.8 Å². The zero-order valence-electron chi connectivity index (χ0n) is 31.3. The molecule has 1 unspecified atom stereocenters. The lowest BCUT2D eigenvalue weighted by molar-refractivity contribution is 0.803. The highest BCUT2D eigenvalue weighted by molar-refractivity contribution is 7.22. The van der Waals surface area contributed by atoms with Crippen molar-refractivity contribution in [2.45, 2.75) is 5.41 Å². The first-order valence-corrected chi connectivity index (χ1v) is 20.5. The molecule has 4 heteroatoms. The minimum atomic E-state index is -0.402. The van der Waals surface area contributed by atoms with Crippen LogP contribution in [0.15, 0.2) is 200 Å². The van der Waals surface area contributed by atoms with Crippen LogP contribution in [-0.4, -0.2) is 15.0 Å². The Hall–Kier alpha value is -7.27. The molecule has 2 aliphatic carbocycles. The van der Waals surface area contributed by atoms with E-state index in [0.29, 0.717) is 17.5 Å². The highest BCUT2D eigenvalue weighted by Crippen LogP contribution is 2.66. The average Bonchev–Trinajstić information content (AvgIpc) is 3.93. The fraction of sp³-hybridized carbons (Fsp3) is 0.0185. The summed E-state index contributed by atoms with van der Waals surface area (Å²) in [6.07, 6.45) is 0. The largest absolute Gasteiger partial charge is 0.208 e. The quantitative estimate of drug-likeness (QED) is 0.176. The fourth-order valence-electron chi connectivity index (χ4n) is 9.40. The van der Waals surface area contributed by atoms with E-state index in [9.17, 15) is 0 Å². The molecule has 270 valence electrons. The lowest BCUT2D eigenvalue weighted by atomic mass is 9.70. The van der Waals surface area contributed by atoms with Crippen LogP contribution in [0, 0.1) is 0 Å². The zero-order chi connectivity index (χ0) is 38.2. The van der Waals surface area contributed by atoms with Crippen LogP contribution in [-0.2, 0) is 5.41 Å². The van der Waals surface area contributed by atoms with Gasteiger partial charge in [-0.25, -0.2) is 15.0 Å². The van der Waals surface area contributed by atoms with E-state index in [1.807, 2.05) is 35.6 Å². The first-order chi connectivity index (χ1) is 28.7. The van der Waals surface area contributed by atoms with Crippen molar-refractivity contribution < 1.29 is 0 Å². The minimum absolute atomic E-state index is 0.402. The number of aromatic nitrogens is 3. The van der Waals surface area contributed by atoms with Gasteiger partial charge < -0.3 is 0 Å². The van der Waals surface area contributed by atoms with Crippen molar-refractivity contribution in [3.8, 4) is 78.0 Å². The van der Waals surface area contributed by atoms with Crippen molar-refractivity contribution in [3.63, 3.8) is 0 Å². The van der Waals surface area contributed by atoms with Gasteiger partial charge in [0.25, 0.3) is 0 Å². The van der Waals surface area contributed by atoms with E-state index < -0.39 is 5.41 Å². The van der Waals surface area contributed by atoms with Crippen molar-refractivity contribution in [1.82, 2.24) is 15.0 Å². The molecular weight excluding hydrogens is 723 g/mol. The van der Waals surface area contributed by atoms with Crippen LogP contribution in [0.1, 0.15) is 22.3 Å². The molecule has 1 spiro atoms. The van der Waals surface area contributed by atoms with Gasteiger partial charge >= 0.3 is 0 Å². The Bertz CT molecular complexity index is 3220. The Labute approximate surface area is 340 Å². The third-order valence-electron chi connectivity index (χ3n) is 12.0. The molecule has 2 aromatic heterocycles. The smallest absolute Gasteiger partial charge is 0.164 e. The number of thiophene rings is 1. The van der Waals surface area contributed by atoms with Crippen molar-refractivity contribution in [3.05, 3.63) is 222 Å². The third-order valence-corrected chi connectivity index (χ3v) is 13.2. The molecule has 0 saturated heterocycles. The Morgan fingerprint density at radius 2 is 0.810 bits per heavy atom. The van der Waals surface area contributed by atoms with Gasteiger partial charge in [0, 0.05) is 26.3 Å². The molecule has 2 aliphatic rings. The van der Waals surface area contributed by atoms with E-state index in [-0.39, 0.29) is 0 Å². The minimum Gasteiger partial charge on any atom is -0.208 e. The summed E-state index contributed by atoms with van der Waals surface area (Å²) in [7, 11) is 0. The molecule has 0 fully saturated rings. The SMILES string of the molecule is c1ccc(-c2cccc(-c3nc(-c4ccccc4)nc(-c4ccc(-c5ccc6c(c5)C5(c7ccccc7-6)c6ccccc6-c6sc7ccccc7c65)cc4)n3)c2)cc1. The molecule has 10 aromatic rings. The van der Waals surface area contributed by atoms with Crippen LogP contribution < -0.4 is 0 Å². The Balaban J connectivity index is 0.986. The predicted octanol–water partition coefficient (Wildman–Crippen LogP) is 13.8. The number of benzene rings is 8. The molecule has 0 amide bonds. The molecule has 0 radical (unpaired) electrons. The molecule has 0 aliphatic heterocycles. The van der Waals surface area contributed by atoms with Crippen LogP contribution in [0.2, 0.25) is 0 Å². The molecule has 0 saturated carbocycles. The van der Waals surface area contributed by atoms with E-state index in [0.717, 1.165) is 33.4 Å². The fourth-order valence-corrected chi connectivity index (χ4v) is 10.7. The van der Waals surface area contributed by atoms with Crippen LogP contribution in [0.5, 0.6) is 0 Å². The normalized spacial score (nSPS) is 14.6. The molecule has 3 nitrogen and oxygen atoms in total. The summed E-state index contributed by atoms with van der Waals surface area (Å²) >= 11 is 1.92. The lowest BCUT2D eigenvalue weighted by Gasteiger charge is -2.30. The lowest BCUT2D eigenvalue weighted by Crippen LogP contribution is -2.25. The summed E-state index contributed by atoms with van der Waals surface area (Å²) in [6.45, 7) is 0. The summed E-state index contributed by atoms with van der Waals surface area (Å²) in [5.41, 5.74) is 16.5. The first-order valence-electron chi connectivity index (χ1n) is 19.7. The monoisotopic (exact) mass is 755 g/mol. The van der Waals surface area contributed by atoms with Crippen molar-refractivity contribution >= 4 is 21.4 Å². The number of fused-ring (bicyclic) bond motifs is 12. The zero-order valence-corrected chi connectivity index (χ0v) is 32.1. The van der Waals surface area contributed by atoms with Gasteiger partial charge in [-0.3, -0.25) is 0 Å². The number of rotatable bonds is 5. The van der Waals surface area contributed by atoms with Crippen molar-refractivity contribution in [2.24, 2.45) is 0 Å². The number of hydrogen-bond donors (Lipinski definition) is 0. The molecule has 8 aromatic carbocycles. The average molecular weight is 756 g/mol. The molecule has 1 atom stereocenters. The summed E-state index contributed by atoms with van der Waals surface area (Å²) in [4.78, 5) is 16.5. The molecular formula is C54H33N3S. The Morgan fingerprint density at radius 3 is 1.57 bits per heavy atom. The van der Waals surface area contributed by atoms with Gasteiger partial charge in [0.1, 0.15) is 0 Å². The molecule has 0 N–H and O–H groups in total. The maximum absolute atomic E-state index is 5.10. The second-order valence-electron chi connectivity index (χ2n) is 15.1. The van der Waals surface area contributed by atoms with Crippen molar-refractivity contribution in [1.29, 1.82) is 0 Å². The van der Waals surface area contributed by atoms with E-state index in [1.54, 1.807) is 0 Å². The molecule has 58 heavy (non-hydrogen) atoms. The molecule has 2 heterocycles. The second-order valence-corrected chi connectivity index (χ2v) is 16.2. The van der Waals surface area contributed by atoms with Crippen LogP contribution in [0.3, 0.4) is 0 Å². The van der Waals surface area contributed by atoms with Gasteiger partial charge in [0.05, 0.1) is 5.41 Å². The highest BCUT2D eigenvalue weighted by atomic mass is 32.1. The van der Waals surface area contributed by atoms with Crippen LogP contribution in [0.4, 0.5) is 0 Å². The van der Waals surface area contributed by atoms with Gasteiger partial charge in [0.15, 0.2) is 17.5 Å². The maximum Gasteiger partial charge on any atom is 0.164 e. The summed E-state index contributed by atoms with van der Waals surface area (Å²) in [5, 5.41) is 1.34. The molecule has 12 rings (SSSR count). The second kappa shape index (κ2) is 12.9. The van der Waals surface area contributed by atoms with Gasteiger partial charge in [-0.2, -0.15) is 0 Å². The van der Waals surface area contributed by atoms with E-state index in [2.05, 4.69) is 176 Å². The highest BCUT2D eigenvalue weighted by Gasteiger charge is 2.53. The predicted molar refractivity (Wildman–Crippen MR) is 239 cm³/mol. The third kappa shape index (κ3) is 4.89. The van der Waals surface area contributed by atoms with Crippen molar-refractivity contribution in [2.75, 3.05) is 0 Å². The topological polar surface area (TPSA) is 38.7 Å². The van der Waals surface area contributed by atoms with E-state index in [1.165, 1.54) is 59.5 Å². The standard InChI is InChI=1S/C54H33N3S/c1-3-14-34(15-4-1)38-18-13-19-40(32-38)53-56-51(36-16-5-2-6-17-36)55-52(57-53)37-28-26-35(27-29-37)39-30-31-42-41-20-7-10-23-45(41)54(47(42)33-39)46-24-11-8-21-43(46)50-49(54)44-22-9-12-25-48(44)58-50/h1-33H. The van der Waals surface area contributed by atoms with Gasteiger partial charge in [-0.15, -0.1) is 11.3 Å². The maximum atomic E-state index is 5.10. The molecule has 0 bridgehead atoms. The van der Waals surface area contributed by atoms with E-state index >= 15 is 0 Å². The Kier molecular flexibility index (Phi) is 7.31. The van der Waals surface area contributed by atoms with Gasteiger partial charge in [0.2, 0.25) is 0 Å². The number of nitrogens with zero attached hydrogens (tertiary/aromatic N) is 3. The number of hydrogen-bond acceptors (Lipinski definition) is 4. The van der Waals surface area contributed by atoms with Crippen LogP contribution >= 0.6 is 11.3 Å². The van der Waals surface area contributed by atoms with E-state index in [4.69, 9.17) is 15.0 Å². The summed E-state index contributed by atoms with van der Waals surface area (Å²) in [6, 6.07) is 71.9. The van der Waals surface area contributed by atoms with Crippen LogP contribution in [0.25, 0.3) is 88.1 Å². The summed E-state index contributed by atoms with van der Waals surface area (Å²) < 4.78 is 1.33. The Morgan fingerprint density at radius 1 is 0.328 bits per heavy atom. The first kappa shape index (κ1) is 32.9. The summed E-state index contributed by atoms with van der Waals surface area (Å²) in [5.74, 6) is 1.94.